The summed E-state index contributed by atoms with van der Waals surface area (Å²) in [6.45, 7) is 9.31. The number of hydrogen-bond acceptors (Lipinski definition) is 7. The summed E-state index contributed by atoms with van der Waals surface area (Å²) in [5.41, 5.74) is 11.1. The first-order valence-electron chi connectivity index (χ1n) is 11.9. The molecule has 0 fully saturated rings. The molecule has 2 atom stereocenters. The van der Waals surface area contributed by atoms with Crippen LogP contribution in [0, 0.1) is 12.8 Å². The van der Waals surface area contributed by atoms with Gasteiger partial charge in [-0.25, -0.2) is 5.84 Å². The second-order valence-electron chi connectivity index (χ2n) is 9.00. The number of carboxylic acid groups (broad SMARTS) is 1. The Morgan fingerprint density at radius 2 is 2.18 bits per heavy atom. The number of carbonyl (C=O) groups is 1. The van der Waals surface area contributed by atoms with Crippen LogP contribution in [0.3, 0.4) is 0 Å². The van der Waals surface area contributed by atoms with Crippen molar-refractivity contribution in [2.24, 2.45) is 17.5 Å². The highest BCUT2D eigenvalue weighted by Gasteiger charge is 2.26. The minimum atomic E-state index is -0.809. The predicted molar refractivity (Wildman–Crippen MR) is 133 cm³/mol. The molecular weight excluding hydrogens is 430 g/mol. The fourth-order valence-electron chi connectivity index (χ4n) is 4.29. The molecule has 1 aliphatic rings. The van der Waals surface area contributed by atoms with Gasteiger partial charge in [0.1, 0.15) is 12.4 Å². The van der Waals surface area contributed by atoms with Crippen LogP contribution in [0.4, 0.5) is 0 Å². The van der Waals surface area contributed by atoms with Crippen molar-refractivity contribution < 1.29 is 14.6 Å². The van der Waals surface area contributed by atoms with Gasteiger partial charge in [0.05, 0.1) is 11.6 Å². The van der Waals surface area contributed by atoms with Crippen molar-refractivity contribution in [3.05, 3.63) is 70.8 Å². The van der Waals surface area contributed by atoms with E-state index in [1.807, 2.05) is 25.1 Å². The molecule has 3 rings (SSSR count). The van der Waals surface area contributed by atoms with E-state index in [1.54, 1.807) is 19.3 Å². The van der Waals surface area contributed by atoms with Crippen molar-refractivity contribution >= 4 is 5.97 Å². The average Bonchev–Trinajstić information content (AvgIpc) is 3.02. The third-order valence-corrected chi connectivity index (χ3v) is 6.52. The van der Waals surface area contributed by atoms with Crippen LogP contribution in [0.1, 0.15) is 55.0 Å². The Hall–Kier alpha value is -3.10. The minimum absolute atomic E-state index is 0.161. The molecule has 0 bridgehead atoms. The van der Waals surface area contributed by atoms with Crippen LogP contribution >= 0.6 is 0 Å². The van der Waals surface area contributed by atoms with E-state index in [0.717, 1.165) is 30.1 Å². The zero-order chi connectivity index (χ0) is 24.7. The maximum atomic E-state index is 11.9. The van der Waals surface area contributed by atoms with Gasteiger partial charge in [-0.05, 0) is 61.4 Å². The summed E-state index contributed by atoms with van der Waals surface area (Å²) in [6, 6.07) is 10.1. The lowest BCUT2D eigenvalue weighted by atomic mass is 9.82. The number of aromatic nitrogens is 1. The Balaban J connectivity index is 1.80. The van der Waals surface area contributed by atoms with Gasteiger partial charge in [-0.15, -0.1) is 0 Å². The van der Waals surface area contributed by atoms with Crippen LogP contribution in [0.2, 0.25) is 0 Å². The molecule has 8 heteroatoms. The maximum absolute atomic E-state index is 11.9. The number of aryl methyl sites for hydroxylation is 1. The molecule has 0 saturated carbocycles. The van der Waals surface area contributed by atoms with Crippen molar-refractivity contribution in [2.45, 2.75) is 52.6 Å². The Labute approximate surface area is 202 Å². The number of pyridine rings is 1. The smallest absolute Gasteiger partial charge is 0.306 e. The summed E-state index contributed by atoms with van der Waals surface area (Å²) in [5.74, 6) is 5.17. The first-order valence-corrected chi connectivity index (χ1v) is 11.9. The number of nitrogens with zero attached hydrogens (tertiary/aromatic N) is 3. The number of rotatable bonds is 10. The maximum Gasteiger partial charge on any atom is 0.306 e. The van der Waals surface area contributed by atoms with Crippen LogP contribution in [0.5, 0.6) is 5.75 Å². The fourth-order valence-corrected chi connectivity index (χ4v) is 4.29. The normalized spacial score (nSPS) is 16.2. The lowest BCUT2D eigenvalue weighted by Crippen LogP contribution is -2.26. The molecule has 8 nitrogen and oxygen atoms in total. The fraction of sp³-hybridized carbons (Fsp3) is 0.462. The SMILES string of the molecule is CCN(N)/C=C(\N)CCC(c1ccc(C)c(CN2CCOc3cccnc3C2)c1)C(C)C(=O)O. The third-order valence-electron chi connectivity index (χ3n) is 6.52. The molecule has 5 N–H and O–H groups in total. The molecular formula is C26H37N5O3. The minimum Gasteiger partial charge on any atom is -0.490 e. The van der Waals surface area contributed by atoms with Crippen molar-refractivity contribution in [3.63, 3.8) is 0 Å². The van der Waals surface area contributed by atoms with Gasteiger partial charge in [0.2, 0.25) is 0 Å². The van der Waals surface area contributed by atoms with Gasteiger partial charge in [0.25, 0.3) is 0 Å². The Kier molecular flexibility index (Phi) is 8.90. The summed E-state index contributed by atoms with van der Waals surface area (Å²) in [7, 11) is 0. The van der Waals surface area contributed by atoms with Crippen LogP contribution < -0.4 is 16.3 Å². The Bertz CT molecular complexity index is 1010. The number of fused-ring (bicyclic) bond motifs is 1. The predicted octanol–water partition coefficient (Wildman–Crippen LogP) is 3.36. The number of ether oxygens (including phenoxy) is 1. The molecule has 1 aliphatic heterocycles. The highest BCUT2D eigenvalue weighted by atomic mass is 16.5. The van der Waals surface area contributed by atoms with Gasteiger partial charge in [-0.1, -0.05) is 25.1 Å². The van der Waals surface area contributed by atoms with Gasteiger partial charge in [0.15, 0.2) is 0 Å². The molecule has 1 aromatic heterocycles. The quantitative estimate of drug-likeness (QED) is 0.360. The van der Waals surface area contributed by atoms with Crippen molar-refractivity contribution in [1.29, 1.82) is 0 Å². The third kappa shape index (κ3) is 6.71. The number of allylic oxidation sites excluding steroid dienone is 1. The molecule has 0 aliphatic carbocycles. The van der Waals surface area contributed by atoms with Gasteiger partial charge in [0, 0.05) is 44.3 Å². The van der Waals surface area contributed by atoms with E-state index in [2.05, 4.69) is 28.9 Å². The van der Waals surface area contributed by atoms with Crippen molar-refractivity contribution in [2.75, 3.05) is 19.7 Å². The first-order chi connectivity index (χ1) is 16.3. The number of nitrogens with two attached hydrogens (primary N) is 2. The van der Waals surface area contributed by atoms with E-state index in [9.17, 15) is 9.90 Å². The van der Waals surface area contributed by atoms with Crippen LogP contribution in [-0.2, 0) is 17.9 Å². The summed E-state index contributed by atoms with van der Waals surface area (Å²) >= 11 is 0. The standard InChI is InChI=1S/C26H37N5O3/c1-4-31(28)16-22(27)9-10-23(19(3)26(32)33)20-8-7-18(2)21(14-20)15-30-12-13-34-25-6-5-11-29-24(25)17-30/h5-8,11,14,16,19,23H,4,9-10,12-13,15,17,27-28H2,1-3H3,(H,32,33)/b22-16-. The lowest BCUT2D eigenvalue weighted by Gasteiger charge is -2.25. The average molecular weight is 468 g/mol. The van der Waals surface area contributed by atoms with Crippen LogP contribution in [0.25, 0.3) is 0 Å². The van der Waals surface area contributed by atoms with E-state index in [0.29, 0.717) is 38.2 Å². The van der Waals surface area contributed by atoms with E-state index in [1.165, 1.54) is 16.1 Å². The molecule has 2 unspecified atom stereocenters. The number of benzene rings is 1. The van der Waals surface area contributed by atoms with Crippen LogP contribution in [0.15, 0.2) is 48.4 Å². The number of hydrazine groups is 1. The molecule has 2 aromatic rings. The number of hydrogen-bond donors (Lipinski definition) is 3. The van der Waals surface area contributed by atoms with E-state index >= 15 is 0 Å². The van der Waals surface area contributed by atoms with Gasteiger partial charge in [-0.3, -0.25) is 14.7 Å². The molecule has 0 amide bonds. The molecule has 0 spiro atoms. The number of aliphatic carboxylic acids is 1. The largest absolute Gasteiger partial charge is 0.490 e. The van der Waals surface area contributed by atoms with Crippen LogP contribution in [-0.4, -0.2) is 45.7 Å². The molecule has 0 radical (unpaired) electrons. The topological polar surface area (TPSA) is 118 Å². The van der Waals surface area contributed by atoms with E-state index in [-0.39, 0.29) is 5.92 Å². The summed E-state index contributed by atoms with van der Waals surface area (Å²) in [4.78, 5) is 18.7. The van der Waals surface area contributed by atoms with Crippen molar-refractivity contribution in [3.8, 4) is 5.75 Å². The van der Waals surface area contributed by atoms with Gasteiger partial charge in [-0.2, -0.15) is 0 Å². The molecule has 1 aromatic carbocycles. The summed E-state index contributed by atoms with van der Waals surface area (Å²) in [5, 5.41) is 11.3. The second kappa shape index (κ2) is 11.9. The molecule has 34 heavy (non-hydrogen) atoms. The lowest BCUT2D eigenvalue weighted by molar-refractivity contribution is -0.142. The first kappa shape index (κ1) is 25.5. The van der Waals surface area contributed by atoms with E-state index < -0.39 is 11.9 Å². The van der Waals surface area contributed by atoms with E-state index in [4.69, 9.17) is 16.3 Å². The molecule has 184 valence electrons. The van der Waals surface area contributed by atoms with Gasteiger partial charge >= 0.3 is 5.97 Å². The second-order valence-corrected chi connectivity index (χ2v) is 9.00. The number of carboxylic acids is 1. The zero-order valence-corrected chi connectivity index (χ0v) is 20.4. The monoisotopic (exact) mass is 467 g/mol. The van der Waals surface area contributed by atoms with Gasteiger partial charge < -0.3 is 20.6 Å². The van der Waals surface area contributed by atoms with Crippen molar-refractivity contribution in [1.82, 2.24) is 14.9 Å². The highest BCUT2D eigenvalue weighted by Crippen LogP contribution is 2.32. The summed E-state index contributed by atoms with van der Waals surface area (Å²) < 4.78 is 5.86. The Morgan fingerprint density at radius 1 is 1.38 bits per heavy atom. The Morgan fingerprint density at radius 3 is 2.91 bits per heavy atom. The summed E-state index contributed by atoms with van der Waals surface area (Å²) in [6.07, 6.45) is 4.71. The molecule has 2 heterocycles. The highest BCUT2D eigenvalue weighted by molar-refractivity contribution is 5.71. The zero-order valence-electron chi connectivity index (χ0n) is 20.4. The molecule has 0 saturated heterocycles.